The number of hydrogen-bond donors (Lipinski definition) is 1. The van der Waals surface area contributed by atoms with Crippen LogP contribution in [0.2, 0.25) is 0 Å². The molecule has 1 aliphatic rings. The van der Waals surface area contributed by atoms with Gasteiger partial charge in [-0.05, 0) is 84.7 Å². The SMILES string of the molecule is CC(C)(C)OC(=O)NCCn1c(CC2CC2)nc(I)c1I. The summed E-state index contributed by atoms with van der Waals surface area (Å²) in [6, 6.07) is 0. The summed E-state index contributed by atoms with van der Waals surface area (Å²) in [5.74, 6) is 1.94. The second kappa shape index (κ2) is 7.01. The van der Waals surface area contributed by atoms with Gasteiger partial charge in [0, 0.05) is 19.5 Å². The molecule has 5 nitrogen and oxygen atoms in total. The molecular formula is C14H21I2N3O2. The molecule has 1 fully saturated rings. The summed E-state index contributed by atoms with van der Waals surface area (Å²) in [6.45, 7) is 6.87. The molecule has 0 saturated heterocycles. The van der Waals surface area contributed by atoms with Crippen molar-refractivity contribution in [1.82, 2.24) is 14.9 Å². The van der Waals surface area contributed by atoms with E-state index in [2.05, 4.69) is 60.0 Å². The van der Waals surface area contributed by atoms with Gasteiger partial charge in [-0.1, -0.05) is 0 Å². The van der Waals surface area contributed by atoms with E-state index >= 15 is 0 Å². The molecule has 7 heteroatoms. The minimum Gasteiger partial charge on any atom is -0.444 e. The zero-order chi connectivity index (χ0) is 15.6. The Bertz CT molecular complexity index is 519. The Hall–Kier alpha value is -0.0600. The highest BCUT2D eigenvalue weighted by molar-refractivity contribution is 14.1. The lowest BCUT2D eigenvalue weighted by Gasteiger charge is -2.20. The van der Waals surface area contributed by atoms with Crippen molar-refractivity contribution in [3.05, 3.63) is 13.2 Å². The molecule has 2 rings (SSSR count). The Kier molecular flexibility index (Phi) is 5.77. The number of hydrogen-bond acceptors (Lipinski definition) is 3. The van der Waals surface area contributed by atoms with Crippen molar-refractivity contribution in [2.45, 2.75) is 52.2 Å². The lowest BCUT2D eigenvalue weighted by molar-refractivity contribution is 0.0526. The first-order valence-corrected chi connectivity index (χ1v) is 9.29. The molecule has 118 valence electrons. The van der Waals surface area contributed by atoms with Crippen molar-refractivity contribution in [1.29, 1.82) is 0 Å². The summed E-state index contributed by atoms with van der Waals surface area (Å²) in [6.07, 6.45) is 3.31. The Balaban J connectivity index is 1.88. The number of aromatic nitrogens is 2. The van der Waals surface area contributed by atoms with Crippen LogP contribution in [0.4, 0.5) is 4.79 Å². The van der Waals surface area contributed by atoms with E-state index in [4.69, 9.17) is 4.74 Å². The summed E-state index contributed by atoms with van der Waals surface area (Å²) in [4.78, 5) is 16.3. The van der Waals surface area contributed by atoms with Crippen LogP contribution in [0.25, 0.3) is 0 Å². The minimum absolute atomic E-state index is 0.365. The fourth-order valence-corrected chi connectivity index (χ4v) is 3.20. The average molecular weight is 517 g/mol. The van der Waals surface area contributed by atoms with Gasteiger partial charge in [0.15, 0.2) is 0 Å². The van der Waals surface area contributed by atoms with Crippen molar-refractivity contribution < 1.29 is 9.53 Å². The van der Waals surface area contributed by atoms with Gasteiger partial charge in [0.2, 0.25) is 0 Å². The summed E-state index contributed by atoms with van der Waals surface area (Å²) in [5.41, 5.74) is -0.458. The molecule has 0 unspecified atom stereocenters. The second-order valence-electron chi connectivity index (χ2n) is 6.34. The van der Waals surface area contributed by atoms with Crippen LogP contribution in [0.5, 0.6) is 0 Å². The number of alkyl carbamates (subject to hydrolysis) is 1. The molecule has 1 aromatic rings. The molecule has 1 heterocycles. The predicted octanol–water partition coefficient (Wildman–Crippen LogP) is 3.57. The van der Waals surface area contributed by atoms with Gasteiger partial charge in [0.25, 0.3) is 0 Å². The maximum absolute atomic E-state index is 11.7. The van der Waals surface area contributed by atoms with E-state index in [1.54, 1.807) is 0 Å². The van der Waals surface area contributed by atoms with Gasteiger partial charge in [-0.15, -0.1) is 0 Å². The molecular weight excluding hydrogens is 496 g/mol. The van der Waals surface area contributed by atoms with Gasteiger partial charge in [0.1, 0.15) is 18.8 Å². The van der Waals surface area contributed by atoms with Crippen molar-refractivity contribution in [3.8, 4) is 0 Å². The Labute approximate surface area is 152 Å². The van der Waals surface area contributed by atoms with Crippen LogP contribution < -0.4 is 5.32 Å². The van der Waals surface area contributed by atoms with Crippen molar-refractivity contribution in [2.75, 3.05) is 6.54 Å². The fourth-order valence-electron chi connectivity index (χ4n) is 1.99. The summed E-state index contributed by atoms with van der Waals surface area (Å²) < 4.78 is 9.63. The highest BCUT2D eigenvalue weighted by atomic mass is 127. The van der Waals surface area contributed by atoms with Crippen LogP contribution in [0.15, 0.2) is 0 Å². The number of halogens is 2. The largest absolute Gasteiger partial charge is 0.444 e. The molecule has 0 radical (unpaired) electrons. The van der Waals surface area contributed by atoms with E-state index in [9.17, 15) is 4.79 Å². The van der Waals surface area contributed by atoms with Crippen molar-refractivity contribution in [2.24, 2.45) is 5.92 Å². The second-order valence-corrected chi connectivity index (χ2v) is 8.38. The molecule has 0 aliphatic heterocycles. The fraction of sp³-hybridized carbons (Fsp3) is 0.714. The molecule has 1 N–H and O–H groups in total. The standard InChI is InChI=1S/C14H21I2N3O2/c1-14(2,3)21-13(20)17-6-7-19-10(8-9-4-5-9)18-11(15)12(19)16/h9H,4-8H2,1-3H3,(H,17,20). The maximum atomic E-state index is 11.7. The Morgan fingerprint density at radius 3 is 2.67 bits per heavy atom. The average Bonchev–Trinajstić information content (AvgIpc) is 3.10. The topological polar surface area (TPSA) is 56.1 Å². The quantitative estimate of drug-likeness (QED) is 0.609. The van der Waals surface area contributed by atoms with Gasteiger partial charge < -0.3 is 14.6 Å². The van der Waals surface area contributed by atoms with Gasteiger partial charge in [-0.2, -0.15) is 0 Å². The lowest BCUT2D eigenvalue weighted by Crippen LogP contribution is -2.34. The molecule has 1 aliphatic carbocycles. The van der Waals surface area contributed by atoms with E-state index in [1.807, 2.05) is 20.8 Å². The van der Waals surface area contributed by atoms with Crippen LogP contribution in [-0.2, 0) is 17.7 Å². The Morgan fingerprint density at radius 1 is 1.43 bits per heavy atom. The van der Waals surface area contributed by atoms with Crippen LogP contribution in [0, 0.1) is 13.3 Å². The molecule has 0 bridgehead atoms. The third-order valence-corrected chi connectivity index (χ3v) is 6.00. The van der Waals surface area contributed by atoms with E-state index in [0.717, 1.165) is 32.1 Å². The van der Waals surface area contributed by atoms with Gasteiger partial charge in [-0.25, -0.2) is 9.78 Å². The molecule has 0 spiro atoms. The number of carbonyl (C=O) groups excluding carboxylic acids is 1. The van der Waals surface area contributed by atoms with Crippen molar-refractivity contribution >= 4 is 51.3 Å². The van der Waals surface area contributed by atoms with E-state index in [1.165, 1.54) is 12.8 Å². The molecule has 1 aromatic heterocycles. The summed E-state index contributed by atoms with van der Waals surface area (Å²) >= 11 is 4.59. The number of nitrogens with one attached hydrogen (secondary N) is 1. The van der Waals surface area contributed by atoms with Crippen LogP contribution in [-0.4, -0.2) is 27.8 Å². The van der Waals surface area contributed by atoms with Crippen molar-refractivity contribution in [3.63, 3.8) is 0 Å². The summed E-state index contributed by atoms with van der Waals surface area (Å²) in [7, 11) is 0. The van der Waals surface area contributed by atoms with Gasteiger partial charge >= 0.3 is 6.09 Å². The molecule has 0 atom stereocenters. The molecule has 0 aromatic carbocycles. The highest BCUT2D eigenvalue weighted by Gasteiger charge is 2.25. The highest BCUT2D eigenvalue weighted by Crippen LogP contribution is 2.33. The van der Waals surface area contributed by atoms with Gasteiger partial charge in [0.05, 0.1) is 0 Å². The van der Waals surface area contributed by atoms with E-state index in [-0.39, 0.29) is 6.09 Å². The zero-order valence-corrected chi connectivity index (χ0v) is 16.9. The first-order chi connectivity index (χ1) is 9.76. The number of rotatable bonds is 5. The third-order valence-electron chi connectivity index (χ3n) is 3.12. The molecule has 1 saturated carbocycles. The first-order valence-electron chi connectivity index (χ1n) is 7.13. The smallest absolute Gasteiger partial charge is 0.407 e. The molecule has 21 heavy (non-hydrogen) atoms. The predicted molar refractivity (Wildman–Crippen MR) is 98.3 cm³/mol. The normalized spacial score (nSPS) is 15.1. The monoisotopic (exact) mass is 517 g/mol. The van der Waals surface area contributed by atoms with Crippen LogP contribution in [0.1, 0.15) is 39.4 Å². The number of amides is 1. The number of imidazole rings is 1. The maximum Gasteiger partial charge on any atom is 0.407 e. The number of nitrogens with zero attached hydrogens (tertiary/aromatic N) is 2. The number of carbonyl (C=O) groups is 1. The number of ether oxygens (including phenoxy) is 1. The van der Waals surface area contributed by atoms with E-state index in [0.29, 0.717) is 6.54 Å². The zero-order valence-electron chi connectivity index (χ0n) is 12.6. The van der Waals surface area contributed by atoms with Gasteiger partial charge in [-0.3, -0.25) is 0 Å². The third kappa shape index (κ3) is 5.57. The Morgan fingerprint density at radius 2 is 2.10 bits per heavy atom. The summed E-state index contributed by atoms with van der Waals surface area (Å²) in [5, 5.41) is 2.80. The van der Waals surface area contributed by atoms with E-state index < -0.39 is 5.60 Å². The molecule has 1 amide bonds. The lowest BCUT2D eigenvalue weighted by atomic mass is 10.2. The first kappa shape index (κ1) is 17.3. The van der Waals surface area contributed by atoms with Crippen LogP contribution >= 0.6 is 45.2 Å². The van der Waals surface area contributed by atoms with Crippen LogP contribution in [0.3, 0.4) is 0 Å². The minimum atomic E-state index is -0.458.